The van der Waals surface area contributed by atoms with Crippen molar-refractivity contribution in [1.82, 2.24) is 5.16 Å². The molecule has 2 amide bonds. The molecule has 8 nitrogen and oxygen atoms in total. The number of hydrogen-bond acceptors (Lipinski definition) is 6. The molecule has 1 saturated carbocycles. The van der Waals surface area contributed by atoms with Crippen molar-refractivity contribution < 1.29 is 23.6 Å². The van der Waals surface area contributed by atoms with Crippen LogP contribution >= 0.6 is 0 Å². The van der Waals surface area contributed by atoms with Crippen LogP contribution in [0.25, 0.3) is 11.3 Å². The van der Waals surface area contributed by atoms with Crippen molar-refractivity contribution in [2.75, 3.05) is 24.9 Å². The SMILES string of the molecule is COc1ccc(-c2cc(C3(C(=O)Nc4ccc(NC(C)=O)cc4)CC3)no2)cc1OC. The fraction of sp³-hybridized carbons (Fsp3) is 0.261. The Labute approximate surface area is 179 Å². The Morgan fingerprint density at radius 1 is 0.935 bits per heavy atom. The molecule has 1 aliphatic carbocycles. The third-order valence-electron chi connectivity index (χ3n) is 5.32. The van der Waals surface area contributed by atoms with E-state index in [9.17, 15) is 9.59 Å². The fourth-order valence-electron chi connectivity index (χ4n) is 3.44. The summed E-state index contributed by atoms with van der Waals surface area (Å²) in [6, 6.07) is 14.2. The van der Waals surface area contributed by atoms with Gasteiger partial charge < -0.3 is 24.6 Å². The van der Waals surface area contributed by atoms with E-state index in [0.29, 0.717) is 47.2 Å². The smallest absolute Gasteiger partial charge is 0.236 e. The number of nitrogens with one attached hydrogen (secondary N) is 2. The molecule has 0 unspecified atom stereocenters. The molecule has 1 heterocycles. The van der Waals surface area contributed by atoms with Crippen LogP contribution in [0.3, 0.4) is 0 Å². The lowest BCUT2D eigenvalue weighted by molar-refractivity contribution is -0.118. The summed E-state index contributed by atoms with van der Waals surface area (Å²) in [5.74, 6) is 1.47. The molecule has 2 N–H and O–H groups in total. The summed E-state index contributed by atoms with van der Waals surface area (Å²) in [4.78, 5) is 24.1. The van der Waals surface area contributed by atoms with Gasteiger partial charge in [0.25, 0.3) is 0 Å². The van der Waals surface area contributed by atoms with Gasteiger partial charge in [-0.2, -0.15) is 0 Å². The number of anilines is 2. The Hall–Kier alpha value is -3.81. The van der Waals surface area contributed by atoms with Crippen LogP contribution in [0.2, 0.25) is 0 Å². The van der Waals surface area contributed by atoms with E-state index < -0.39 is 5.41 Å². The van der Waals surface area contributed by atoms with E-state index in [1.807, 2.05) is 6.07 Å². The topological polar surface area (TPSA) is 103 Å². The van der Waals surface area contributed by atoms with Crippen LogP contribution in [-0.2, 0) is 15.0 Å². The number of hydrogen-bond donors (Lipinski definition) is 2. The number of benzene rings is 2. The van der Waals surface area contributed by atoms with Gasteiger partial charge in [-0.05, 0) is 55.3 Å². The summed E-state index contributed by atoms with van der Waals surface area (Å²) < 4.78 is 16.1. The molecule has 8 heteroatoms. The first-order valence-electron chi connectivity index (χ1n) is 9.84. The Kier molecular flexibility index (Phi) is 5.37. The van der Waals surface area contributed by atoms with E-state index in [2.05, 4.69) is 15.8 Å². The van der Waals surface area contributed by atoms with Crippen molar-refractivity contribution in [2.24, 2.45) is 0 Å². The minimum Gasteiger partial charge on any atom is -0.493 e. The van der Waals surface area contributed by atoms with Gasteiger partial charge in [-0.1, -0.05) is 5.16 Å². The monoisotopic (exact) mass is 421 g/mol. The standard InChI is InChI=1S/C23H23N3O5/c1-14(27)24-16-5-7-17(8-6-16)25-22(28)23(10-11-23)21-13-19(31-26-21)15-4-9-18(29-2)20(12-15)30-3/h4-9,12-13H,10-11H2,1-3H3,(H,24,27)(H,25,28). The van der Waals surface area contributed by atoms with E-state index in [0.717, 1.165) is 5.56 Å². The van der Waals surface area contributed by atoms with Gasteiger partial charge in [-0.25, -0.2) is 0 Å². The number of aromatic nitrogens is 1. The molecule has 0 spiro atoms. The van der Waals surface area contributed by atoms with Crippen LogP contribution in [0, 0.1) is 0 Å². The van der Waals surface area contributed by atoms with Crippen LogP contribution in [0.1, 0.15) is 25.5 Å². The number of amides is 2. The lowest BCUT2D eigenvalue weighted by Crippen LogP contribution is -2.28. The van der Waals surface area contributed by atoms with Gasteiger partial charge >= 0.3 is 0 Å². The van der Waals surface area contributed by atoms with Crippen molar-refractivity contribution in [3.05, 3.63) is 54.2 Å². The summed E-state index contributed by atoms with van der Waals surface area (Å²) in [5, 5.41) is 9.81. The Bertz CT molecular complexity index is 1120. The predicted octanol–water partition coefficient (Wildman–Crippen LogP) is 3.99. The largest absolute Gasteiger partial charge is 0.493 e. The molecular weight excluding hydrogens is 398 g/mol. The van der Waals surface area contributed by atoms with Crippen molar-refractivity contribution >= 4 is 23.2 Å². The van der Waals surface area contributed by atoms with Crippen molar-refractivity contribution in [1.29, 1.82) is 0 Å². The molecule has 2 aromatic carbocycles. The van der Waals surface area contributed by atoms with E-state index in [1.165, 1.54) is 6.92 Å². The number of methoxy groups -OCH3 is 2. The van der Waals surface area contributed by atoms with Crippen LogP contribution in [0.5, 0.6) is 11.5 Å². The minimum atomic E-state index is -0.700. The zero-order valence-electron chi connectivity index (χ0n) is 17.5. The summed E-state index contributed by atoms with van der Waals surface area (Å²) in [6.45, 7) is 1.45. The second kappa shape index (κ2) is 8.14. The molecule has 160 valence electrons. The predicted molar refractivity (Wildman–Crippen MR) is 115 cm³/mol. The van der Waals surface area contributed by atoms with Gasteiger partial charge in [0.2, 0.25) is 11.8 Å². The van der Waals surface area contributed by atoms with Gasteiger partial charge in [0, 0.05) is 29.9 Å². The molecule has 3 aromatic rings. The molecule has 0 aliphatic heterocycles. The Balaban J connectivity index is 1.50. The van der Waals surface area contributed by atoms with Gasteiger partial charge in [-0.3, -0.25) is 9.59 Å². The van der Waals surface area contributed by atoms with E-state index in [1.54, 1.807) is 56.7 Å². The maximum Gasteiger partial charge on any atom is 0.236 e. The first-order chi connectivity index (χ1) is 14.9. The third kappa shape index (κ3) is 4.09. The van der Waals surface area contributed by atoms with E-state index in [4.69, 9.17) is 14.0 Å². The molecule has 1 aliphatic rings. The van der Waals surface area contributed by atoms with Gasteiger partial charge in [0.05, 0.1) is 25.3 Å². The number of nitrogens with zero attached hydrogens (tertiary/aromatic N) is 1. The number of carbonyl (C=O) groups excluding carboxylic acids is 2. The number of carbonyl (C=O) groups is 2. The highest BCUT2D eigenvalue weighted by Gasteiger charge is 2.53. The van der Waals surface area contributed by atoms with Gasteiger partial charge in [0.15, 0.2) is 17.3 Å². The van der Waals surface area contributed by atoms with Gasteiger partial charge in [-0.15, -0.1) is 0 Å². The maximum absolute atomic E-state index is 13.0. The van der Waals surface area contributed by atoms with Crippen molar-refractivity contribution in [3.63, 3.8) is 0 Å². The quantitative estimate of drug-likeness (QED) is 0.598. The lowest BCUT2D eigenvalue weighted by Gasteiger charge is -2.13. The van der Waals surface area contributed by atoms with Crippen LogP contribution in [0.15, 0.2) is 53.1 Å². The summed E-state index contributed by atoms with van der Waals surface area (Å²) in [7, 11) is 3.15. The Morgan fingerprint density at radius 2 is 1.58 bits per heavy atom. The molecule has 1 aromatic heterocycles. The Morgan fingerprint density at radius 3 is 2.16 bits per heavy atom. The van der Waals surface area contributed by atoms with Crippen LogP contribution < -0.4 is 20.1 Å². The average Bonchev–Trinajstić information content (AvgIpc) is 3.44. The summed E-state index contributed by atoms with van der Waals surface area (Å²) in [6.07, 6.45) is 1.39. The highest BCUT2D eigenvalue weighted by molar-refractivity contribution is 6.01. The highest BCUT2D eigenvalue weighted by atomic mass is 16.5. The minimum absolute atomic E-state index is 0.132. The second-order valence-electron chi connectivity index (χ2n) is 7.44. The third-order valence-corrected chi connectivity index (χ3v) is 5.32. The molecular formula is C23H23N3O5. The molecule has 0 atom stereocenters. The van der Waals surface area contributed by atoms with E-state index in [-0.39, 0.29) is 11.8 Å². The average molecular weight is 421 g/mol. The molecule has 1 fully saturated rings. The zero-order valence-corrected chi connectivity index (χ0v) is 17.5. The molecule has 0 bridgehead atoms. The van der Waals surface area contributed by atoms with Crippen LogP contribution in [-0.4, -0.2) is 31.2 Å². The molecule has 0 saturated heterocycles. The second-order valence-corrected chi connectivity index (χ2v) is 7.44. The first kappa shape index (κ1) is 20.5. The van der Waals surface area contributed by atoms with Gasteiger partial charge in [0.1, 0.15) is 0 Å². The van der Waals surface area contributed by atoms with Crippen molar-refractivity contribution in [2.45, 2.75) is 25.2 Å². The number of rotatable bonds is 7. The zero-order chi connectivity index (χ0) is 22.0. The highest BCUT2D eigenvalue weighted by Crippen LogP contribution is 2.49. The molecule has 4 rings (SSSR count). The fourth-order valence-corrected chi connectivity index (χ4v) is 3.44. The summed E-state index contributed by atoms with van der Waals surface area (Å²) in [5.41, 5.74) is 2.00. The first-order valence-corrected chi connectivity index (χ1v) is 9.84. The maximum atomic E-state index is 13.0. The van der Waals surface area contributed by atoms with Crippen LogP contribution in [0.4, 0.5) is 11.4 Å². The normalized spacial score (nSPS) is 13.9. The molecule has 31 heavy (non-hydrogen) atoms. The lowest BCUT2D eigenvalue weighted by atomic mass is 10.00. The van der Waals surface area contributed by atoms with Crippen molar-refractivity contribution in [3.8, 4) is 22.8 Å². The molecule has 0 radical (unpaired) electrons. The summed E-state index contributed by atoms with van der Waals surface area (Å²) >= 11 is 0. The van der Waals surface area contributed by atoms with E-state index >= 15 is 0 Å². The number of ether oxygens (including phenoxy) is 2.